The van der Waals surface area contributed by atoms with E-state index in [9.17, 15) is 0 Å². The molecule has 0 radical (unpaired) electrons. The Hall–Kier alpha value is 0.337. The summed E-state index contributed by atoms with van der Waals surface area (Å²) in [5, 5.41) is 0. The van der Waals surface area contributed by atoms with E-state index < -0.39 is 20.8 Å². The van der Waals surface area contributed by atoms with Crippen LogP contribution in [0.2, 0.25) is 0 Å². The van der Waals surface area contributed by atoms with Gasteiger partial charge in [0.2, 0.25) is 10.4 Å². The van der Waals surface area contributed by atoms with Crippen molar-refractivity contribution in [1.82, 2.24) is 0 Å². The van der Waals surface area contributed by atoms with Crippen LogP contribution in [0.5, 0.6) is 0 Å². The first-order chi connectivity index (χ1) is 4.00. The first-order valence-electron chi connectivity index (χ1n) is 1.38. The molecular formula is H3LiO8S2. The molecule has 0 aliphatic rings. The topological polar surface area (TPSA) is 152 Å². The number of hydrogen-bond donors (Lipinski definition) is 3. The quantitative estimate of drug-likeness (QED) is 0.201. The minimum absolute atomic E-state index is 0. The van der Waals surface area contributed by atoms with E-state index in [-0.39, 0.29) is 18.9 Å². The van der Waals surface area contributed by atoms with E-state index >= 15 is 0 Å². The zero-order chi connectivity index (χ0) is 9.00. The fraction of sp³-hybridized carbons (Fsp3) is 0. The molecule has 0 unspecified atom stereocenters. The fourth-order valence-corrected chi connectivity index (χ4v) is 0. The first-order valence-corrected chi connectivity index (χ1v) is 4.14. The van der Waals surface area contributed by atoms with E-state index in [0.717, 1.165) is 0 Å². The predicted molar refractivity (Wildman–Crippen MR) is 26.5 cm³/mol. The normalized spacial score (nSPS) is 10.5. The average molecular weight is 202 g/mol. The third kappa shape index (κ3) is 6310. The maximum Gasteiger partial charge on any atom is 1.00 e. The Morgan fingerprint density at radius 3 is 0.909 bits per heavy atom. The standard InChI is InChI=1S/Li.2H2O4S/c;2*1-5(2,3)4/h;2*(H2,1,2,3,4)/q+1;;/p-1. The van der Waals surface area contributed by atoms with E-state index in [2.05, 4.69) is 0 Å². The van der Waals surface area contributed by atoms with Gasteiger partial charge in [0.1, 0.15) is 0 Å². The SMILES string of the molecule is O=S(=O)(O)O.O=S(=O)([O-])O.[Li+]. The molecule has 11 heavy (non-hydrogen) atoms. The third-order valence-corrected chi connectivity index (χ3v) is 0. The number of hydrogen-bond acceptors (Lipinski definition) is 5. The first kappa shape index (κ1) is 17.4. The summed E-state index contributed by atoms with van der Waals surface area (Å²) in [4.78, 5) is 0. The summed E-state index contributed by atoms with van der Waals surface area (Å²) in [6, 6.07) is 0. The van der Waals surface area contributed by atoms with Crippen molar-refractivity contribution in [3.63, 3.8) is 0 Å². The molecule has 0 atom stereocenters. The molecule has 0 aromatic rings. The maximum atomic E-state index is 8.74. The maximum absolute atomic E-state index is 8.74. The van der Waals surface area contributed by atoms with Crippen molar-refractivity contribution in [3.05, 3.63) is 0 Å². The van der Waals surface area contributed by atoms with Crippen LogP contribution in [0.3, 0.4) is 0 Å². The monoisotopic (exact) mass is 202 g/mol. The van der Waals surface area contributed by atoms with E-state index in [1.807, 2.05) is 0 Å². The Balaban J connectivity index is -0.000000107. The zero-order valence-electron chi connectivity index (χ0n) is 5.20. The van der Waals surface area contributed by atoms with Gasteiger partial charge in [-0.05, 0) is 0 Å². The molecule has 0 saturated heterocycles. The summed E-state index contributed by atoms with van der Waals surface area (Å²) in [7, 11) is -9.58. The van der Waals surface area contributed by atoms with Crippen LogP contribution < -0.4 is 18.9 Å². The van der Waals surface area contributed by atoms with Crippen molar-refractivity contribution in [3.8, 4) is 0 Å². The molecule has 64 valence electrons. The molecule has 8 nitrogen and oxygen atoms in total. The van der Waals surface area contributed by atoms with Gasteiger partial charge in [-0.1, -0.05) is 0 Å². The van der Waals surface area contributed by atoms with Gasteiger partial charge in [-0.15, -0.1) is 0 Å². The van der Waals surface area contributed by atoms with Crippen molar-refractivity contribution in [2.75, 3.05) is 0 Å². The molecular weight excluding hydrogens is 199 g/mol. The Morgan fingerprint density at radius 2 is 0.909 bits per heavy atom. The molecule has 0 aromatic carbocycles. The molecule has 0 rings (SSSR count). The van der Waals surface area contributed by atoms with Gasteiger partial charge in [-0.3, -0.25) is 13.7 Å². The van der Waals surface area contributed by atoms with Crippen molar-refractivity contribution < 1.29 is 53.9 Å². The zero-order valence-corrected chi connectivity index (χ0v) is 6.83. The van der Waals surface area contributed by atoms with E-state index in [1.54, 1.807) is 0 Å². The number of rotatable bonds is 0. The smallest absolute Gasteiger partial charge is 0.726 e. The van der Waals surface area contributed by atoms with Gasteiger partial charge in [0, 0.05) is 0 Å². The van der Waals surface area contributed by atoms with Crippen molar-refractivity contribution >= 4 is 20.8 Å². The fourth-order valence-electron chi connectivity index (χ4n) is 0. The second-order valence-corrected chi connectivity index (χ2v) is 2.63. The van der Waals surface area contributed by atoms with Gasteiger partial charge in [0.15, 0.2) is 0 Å². The summed E-state index contributed by atoms with van der Waals surface area (Å²) in [5.74, 6) is 0. The van der Waals surface area contributed by atoms with Crippen LogP contribution in [0.15, 0.2) is 0 Å². The summed E-state index contributed by atoms with van der Waals surface area (Å²) < 4.78 is 64.4. The Morgan fingerprint density at radius 1 is 0.909 bits per heavy atom. The largest absolute Gasteiger partial charge is 1.00 e. The van der Waals surface area contributed by atoms with Gasteiger partial charge in [-0.2, -0.15) is 8.42 Å². The summed E-state index contributed by atoms with van der Waals surface area (Å²) in [6.45, 7) is 0. The average Bonchev–Trinajstić information content (AvgIpc) is 1.12. The molecule has 0 aliphatic heterocycles. The predicted octanol–water partition coefficient (Wildman–Crippen LogP) is -4.64. The van der Waals surface area contributed by atoms with Gasteiger partial charge >= 0.3 is 29.3 Å². The van der Waals surface area contributed by atoms with Crippen molar-refractivity contribution in [1.29, 1.82) is 0 Å². The van der Waals surface area contributed by atoms with Crippen molar-refractivity contribution in [2.24, 2.45) is 0 Å². The third-order valence-electron chi connectivity index (χ3n) is 0. The minimum atomic E-state index is -4.92. The van der Waals surface area contributed by atoms with Gasteiger partial charge in [-0.25, -0.2) is 8.42 Å². The van der Waals surface area contributed by atoms with Crippen LogP contribution >= 0.6 is 0 Å². The molecule has 0 bridgehead atoms. The second-order valence-electron chi connectivity index (χ2n) is 0.876. The molecule has 3 N–H and O–H groups in total. The van der Waals surface area contributed by atoms with Crippen LogP contribution in [0.25, 0.3) is 0 Å². The van der Waals surface area contributed by atoms with Crippen LogP contribution in [0.1, 0.15) is 0 Å². The summed E-state index contributed by atoms with van der Waals surface area (Å²) in [5.41, 5.74) is 0. The van der Waals surface area contributed by atoms with Crippen LogP contribution in [-0.4, -0.2) is 35.0 Å². The van der Waals surface area contributed by atoms with Gasteiger partial charge in [0.05, 0.1) is 0 Å². The Kier molecular flexibility index (Phi) is 9.38. The van der Waals surface area contributed by atoms with E-state index in [1.165, 1.54) is 0 Å². The van der Waals surface area contributed by atoms with Crippen LogP contribution in [0, 0.1) is 0 Å². The van der Waals surface area contributed by atoms with Gasteiger partial charge in [0.25, 0.3) is 0 Å². The molecule has 11 heteroatoms. The minimum Gasteiger partial charge on any atom is -0.726 e. The molecule has 0 aliphatic carbocycles. The molecule has 0 saturated carbocycles. The Bertz CT molecular complexity index is 208. The molecule has 0 amide bonds. The molecule has 0 spiro atoms. The van der Waals surface area contributed by atoms with E-state index in [0.29, 0.717) is 0 Å². The molecule has 0 fully saturated rings. The van der Waals surface area contributed by atoms with E-state index in [4.69, 9.17) is 35.0 Å². The van der Waals surface area contributed by atoms with Gasteiger partial charge < -0.3 is 4.55 Å². The summed E-state index contributed by atoms with van der Waals surface area (Å²) in [6.07, 6.45) is 0. The Labute approximate surface area is 74.9 Å². The molecule has 0 heterocycles. The second kappa shape index (κ2) is 5.92. The van der Waals surface area contributed by atoms with Crippen LogP contribution in [-0.2, 0) is 20.8 Å². The van der Waals surface area contributed by atoms with Crippen molar-refractivity contribution in [2.45, 2.75) is 0 Å². The molecule has 0 aromatic heterocycles. The van der Waals surface area contributed by atoms with Crippen LogP contribution in [0.4, 0.5) is 0 Å². The summed E-state index contributed by atoms with van der Waals surface area (Å²) >= 11 is 0.